The molecule has 160 valence electrons. The first-order chi connectivity index (χ1) is 15.2. The van der Waals surface area contributed by atoms with Crippen LogP contribution >= 0.6 is 0 Å². The van der Waals surface area contributed by atoms with Gasteiger partial charge in [-0.3, -0.25) is 5.10 Å². The Bertz CT molecular complexity index is 1130. The largest absolute Gasteiger partial charge is 0.377 e. The lowest BCUT2D eigenvalue weighted by atomic mass is 10.1. The summed E-state index contributed by atoms with van der Waals surface area (Å²) >= 11 is 0. The highest BCUT2D eigenvalue weighted by Gasteiger charge is 2.39. The molecule has 10 heteroatoms. The SMILES string of the molecule is C[C@@H]1COCCN1c1cc(N2C3CCC2COC3)nc2c1c(C#N)nn2-c1ccn[nH]1. The number of ether oxygens (including phenoxy) is 2. The molecule has 0 amide bonds. The van der Waals surface area contributed by atoms with E-state index in [0.717, 1.165) is 49.5 Å². The lowest BCUT2D eigenvalue weighted by Crippen LogP contribution is -2.47. The molecule has 0 aliphatic carbocycles. The van der Waals surface area contributed by atoms with Crippen LogP contribution in [0.5, 0.6) is 0 Å². The van der Waals surface area contributed by atoms with E-state index in [1.165, 1.54) is 0 Å². The number of nitriles is 1. The molecule has 6 heterocycles. The zero-order valence-electron chi connectivity index (χ0n) is 17.4. The van der Waals surface area contributed by atoms with Crippen molar-refractivity contribution < 1.29 is 9.47 Å². The summed E-state index contributed by atoms with van der Waals surface area (Å²) in [5, 5.41) is 22.3. The number of nitrogens with one attached hydrogen (secondary N) is 1. The second-order valence-electron chi connectivity index (χ2n) is 8.46. The van der Waals surface area contributed by atoms with E-state index in [9.17, 15) is 5.26 Å². The molecule has 1 N–H and O–H groups in total. The Balaban J connectivity index is 1.60. The topological polar surface area (TPSA) is 108 Å². The van der Waals surface area contributed by atoms with Crippen LogP contribution in [-0.4, -0.2) is 76.1 Å². The van der Waals surface area contributed by atoms with Crippen LogP contribution in [0, 0.1) is 11.3 Å². The summed E-state index contributed by atoms with van der Waals surface area (Å²) in [6.07, 6.45) is 3.89. The Kier molecular flexibility index (Phi) is 4.33. The lowest BCUT2D eigenvalue weighted by Gasteiger charge is -2.38. The zero-order chi connectivity index (χ0) is 20.9. The number of pyridine rings is 1. The molecule has 0 spiro atoms. The van der Waals surface area contributed by atoms with E-state index in [1.54, 1.807) is 10.9 Å². The van der Waals surface area contributed by atoms with Gasteiger partial charge in [0, 0.05) is 24.7 Å². The first-order valence-corrected chi connectivity index (χ1v) is 10.8. The van der Waals surface area contributed by atoms with Crippen molar-refractivity contribution >= 4 is 22.5 Å². The maximum absolute atomic E-state index is 9.90. The van der Waals surface area contributed by atoms with Gasteiger partial charge in [0.15, 0.2) is 17.2 Å². The fourth-order valence-corrected chi connectivity index (χ4v) is 5.14. The minimum atomic E-state index is 0.190. The highest BCUT2D eigenvalue weighted by molar-refractivity contribution is 5.96. The van der Waals surface area contributed by atoms with Gasteiger partial charge in [0.05, 0.1) is 55.8 Å². The van der Waals surface area contributed by atoms with Gasteiger partial charge >= 0.3 is 0 Å². The fourth-order valence-electron chi connectivity index (χ4n) is 5.14. The van der Waals surface area contributed by atoms with Crippen molar-refractivity contribution in [1.29, 1.82) is 5.26 Å². The Morgan fingerprint density at radius 3 is 2.74 bits per heavy atom. The molecule has 3 atom stereocenters. The molecule has 2 unspecified atom stereocenters. The highest BCUT2D eigenvalue weighted by Crippen LogP contribution is 2.39. The summed E-state index contributed by atoms with van der Waals surface area (Å²) in [5.41, 5.74) is 2.02. The van der Waals surface area contributed by atoms with Crippen LogP contribution in [0.3, 0.4) is 0 Å². The minimum Gasteiger partial charge on any atom is -0.377 e. The predicted molar refractivity (Wildman–Crippen MR) is 113 cm³/mol. The van der Waals surface area contributed by atoms with Gasteiger partial charge < -0.3 is 19.3 Å². The van der Waals surface area contributed by atoms with Crippen LogP contribution in [0.1, 0.15) is 25.5 Å². The Morgan fingerprint density at radius 1 is 1.19 bits per heavy atom. The Labute approximate surface area is 179 Å². The molecule has 3 aliphatic rings. The number of hydrogen-bond donors (Lipinski definition) is 1. The third kappa shape index (κ3) is 2.88. The van der Waals surface area contributed by atoms with E-state index in [0.29, 0.717) is 42.5 Å². The molecule has 3 fully saturated rings. The van der Waals surface area contributed by atoms with Crippen molar-refractivity contribution in [2.75, 3.05) is 42.8 Å². The summed E-state index contributed by atoms with van der Waals surface area (Å²) < 4.78 is 13.2. The Morgan fingerprint density at radius 2 is 2.03 bits per heavy atom. The van der Waals surface area contributed by atoms with Gasteiger partial charge in [-0.05, 0) is 19.8 Å². The zero-order valence-corrected chi connectivity index (χ0v) is 17.4. The number of nitrogens with zero attached hydrogens (tertiary/aromatic N) is 7. The second kappa shape index (κ2) is 7.21. The molecule has 6 rings (SSSR count). The fraction of sp³-hybridized carbons (Fsp3) is 0.524. The second-order valence-corrected chi connectivity index (χ2v) is 8.46. The van der Waals surface area contributed by atoms with Crippen molar-refractivity contribution in [1.82, 2.24) is 25.0 Å². The number of hydrogen-bond acceptors (Lipinski definition) is 8. The monoisotopic (exact) mass is 420 g/mol. The highest BCUT2D eigenvalue weighted by atomic mass is 16.5. The molecule has 3 aliphatic heterocycles. The quantitative estimate of drug-likeness (QED) is 0.681. The lowest BCUT2D eigenvalue weighted by molar-refractivity contribution is 0.0902. The average Bonchev–Trinajstić information content (AvgIpc) is 3.50. The molecule has 0 aromatic carbocycles. The molecule has 0 radical (unpaired) electrons. The van der Waals surface area contributed by atoms with Crippen LogP contribution in [0.4, 0.5) is 11.5 Å². The standard InChI is InChI=1S/C21H24N8O2/c1-13-10-30-7-6-27(13)17-8-19(28-14-2-3-15(28)12-31-11-14)24-21-20(17)16(9-22)26-29(21)18-4-5-23-25-18/h4-5,8,13-15H,2-3,6-7,10-12H2,1H3,(H,23,25)/t13-,14?,15?/m1/s1. The first-order valence-electron chi connectivity index (χ1n) is 10.8. The van der Waals surface area contributed by atoms with Crippen molar-refractivity contribution in [3.05, 3.63) is 24.0 Å². The molecule has 3 aromatic rings. The number of morpholine rings is 2. The van der Waals surface area contributed by atoms with Crippen LogP contribution in [0.25, 0.3) is 16.9 Å². The number of anilines is 2. The van der Waals surface area contributed by atoms with Crippen LogP contribution in [0.15, 0.2) is 18.3 Å². The van der Waals surface area contributed by atoms with Crippen molar-refractivity contribution in [2.24, 2.45) is 0 Å². The summed E-state index contributed by atoms with van der Waals surface area (Å²) in [4.78, 5) is 9.79. The summed E-state index contributed by atoms with van der Waals surface area (Å²) in [7, 11) is 0. The van der Waals surface area contributed by atoms with Crippen molar-refractivity contribution in [3.63, 3.8) is 0 Å². The molecule has 3 saturated heterocycles. The van der Waals surface area contributed by atoms with Gasteiger partial charge in [-0.1, -0.05) is 0 Å². The van der Waals surface area contributed by atoms with Crippen molar-refractivity contribution in [2.45, 2.75) is 37.9 Å². The van der Waals surface area contributed by atoms with Gasteiger partial charge in [0.1, 0.15) is 11.9 Å². The van der Waals surface area contributed by atoms with E-state index < -0.39 is 0 Å². The van der Waals surface area contributed by atoms with E-state index in [1.807, 2.05) is 6.07 Å². The molecular formula is C21H24N8O2. The number of aromatic nitrogens is 5. The third-order valence-electron chi connectivity index (χ3n) is 6.61. The van der Waals surface area contributed by atoms with Crippen LogP contribution in [-0.2, 0) is 9.47 Å². The smallest absolute Gasteiger partial charge is 0.174 e. The molecule has 10 nitrogen and oxygen atoms in total. The first kappa shape index (κ1) is 18.6. The molecule has 0 saturated carbocycles. The van der Waals surface area contributed by atoms with Gasteiger partial charge in [-0.15, -0.1) is 0 Å². The summed E-state index contributed by atoms with van der Waals surface area (Å²) in [6, 6.07) is 7.10. The maximum Gasteiger partial charge on any atom is 0.174 e. The van der Waals surface area contributed by atoms with E-state index in [-0.39, 0.29) is 6.04 Å². The van der Waals surface area contributed by atoms with Gasteiger partial charge in [0.25, 0.3) is 0 Å². The van der Waals surface area contributed by atoms with Gasteiger partial charge in [-0.25, -0.2) is 4.98 Å². The number of fused-ring (bicyclic) bond motifs is 3. The van der Waals surface area contributed by atoms with Gasteiger partial charge in [0.2, 0.25) is 0 Å². The summed E-state index contributed by atoms with van der Waals surface area (Å²) in [5.74, 6) is 1.60. The third-order valence-corrected chi connectivity index (χ3v) is 6.61. The van der Waals surface area contributed by atoms with Crippen LogP contribution < -0.4 is 9.80 Å². The van der Waals surface area contributed by atoms with Gasteiger partial charge in [-0.2, -0.15) is 20.1 Å². The van der Waals surface area contributed by atoms with Crippen molar-refractivity contribution in [3.8, 4) is 11.9 Å². The Hall–Kier alpha value is -3.16. The average molecular weight is 420 g/mol. The molecule has 3 aromatic heterocycles. The number of aromatic amines is 1. The van der Waals surface area contributed by atoms with E-state index >= 15 is 0 Å². The molecule has 31 heavy (non-hydrogen) atoms. The maximum atomic E-state index is 9.90. The summed E-state index contributed by atoms with van der Waals surface area (Å²) in [6.45, 7) is 5.66. The number of H-pyrrole nitrogens is 1. The number of rotatable bonds is 3. The minimum absolute atomic E-state index is 0.190. The van der Waals surface area contributed by atoms with E-state index in [4.69, 9.17) is 14.5 Å². The molecule has 2 bridgehead atoms. The normalized spacial score (nSPS) is 25.9. The predicted octanol–water partition coefficient (Wildman–Crippen LogP) is 1.61. The molecular weight excluding hydrogens is 396 g/mol. The van der Waals surface area contributed by atoms with E-state index in [2.05, 4.69) is 44.2 Å². The van der Waals surface area contributed by atoms with Crippen LogP contribution in [0.2, 0.25) is 0 Å².